The average Bonchev–Trinajstić information content (AvgIpc) is 3.24. The Bertz CT molecular complexity index is 1670. The van der Waals surface area contributed by atoms with Crippen molar-refractivity contribution < 1.29 is 29.1 Å². The van der Waals surface area contributed by atoms with Gasteiger partial charge in [-0.25, -0.2) is 4.31 Å². The highest BCUT2D eigenvalue weighted by atomic mass is 32.2. The second-order valence-corrected chi connectivity index (χ2v) is 11.2. The topological polar surface area (TPSA) is 191 Å². The third kappa shape index (κ3) is 5.35. The van der Waals surface area contributed by atoms with Gasteiger partial charge in [0.05, 0.1) is 28.2 Å². The van der Waals surface area contributed by atoms with E-state index in [4.69, 9.17) is 5.73 Å². The van der Waals surface area contributed by atoms with Crippen LogP contribution in [0.4, 0.5) is 22.0 Å². The molecule has 6 rings (SSSR count). The largest absolute Gasteiger partial charge is 0.507 e. The molecule has 0 bridgehead atoms. The number of rotatable bonds is 5. The third-order valence-corrected chi connectivity index (χ3v) is 8.37. The second-order valence-electron chi connectivity index (χ2n) is 10.1. The Kier molecular flexibility index (Phi) is 7.41. The molecule has 0 aliphatic carbocycles. The molecule has 2 aromatic carbocycles. The molecule has 1 unspecified atom stereocenters. The van der Waals surface area contributed by atoms with E-state index in [-0.39, 0.29) is 41.2 Å². The number of nitrogen functional groups attached to an aromatic ring is 1. The molecule has 0 radical (unpaired) electrons. The molecule has 14 nitrogen and oxygen atoms in total. The molecule has 0 saturated carbocycles. The van der Waals surface area contributed by atoms with Gasteiger partial charge < -0.3 is 21.1 Å². The van der Waals surface area contributed by atoms with Crippen molar-refractivity contribution in [2.75, 3.05) is 42.1 Å². The summed E-state index contributed by atoms with van der Waals surface area (Å²) in [5.41, 5.74) is 8.07. The van der Waals surface area contributed by atoms with Crippen LogP contribution >= 0.6 is 11.9 Å². The number of imide groups is 2. The third-order valence-electron chi connectivity index (χ3n) is 7.48. The van der Waals surface area contributed by atoms with Crippen molar-refractivity contribution in [1.29, 1.82) is 0 Å². The number of benzene rings is 2. The first-order valence-corrected chi connectivity index (χ1v) is 14.2. The summed E-state index contributed by atoms with van der Waals surface area (Å²) in [7, 11) is 0. The number of piperazine rings is 1. The number of phenolic OH excluding ortho intramolecular Hbond substituents is 1. The molecule has 220 valence electrons. The van der Waals surface area contributed by atoms with Crippen LogP contribution in [0.25, 0.3) is 11.3 Å². The maximum Gasteiger partial charge on any atom is 0.298 e. The normalized spacial score (nSPS) is 18.9. The number of nitrogens with one attached hydrogen (secondary N) is 2. The van der Waals surface area contributed by atoms with Crippen LogP contribution in [0.15, 0.2) is 48.5 Å². The fourth-order valence-corrected chi connectivity index (χ4v) is 6.09. The Morgan fingerprint density at radius 1 is 0.977 bits per heavy atom. The van der Waals surface area contributed by atoms with E-state index in [1.165, 1.54) is 12.1 Å². The van der Waals surface area contributed by atoms with Crippen molar-refractivity contribution in [2.24, 2.45) is 0 Å². The van der Waals surface area contributed by atoms with Crippen LogP contribution in [0.1, 0.15) is 33.6 Å². The predicted molar refractivity (Wildman–Crippen MR) is 157 cm³/mol. The van der Waals surface area contributed by atoms with Gasteiger partial charge in [0, 0.05) is 50.1 Å². The predicted octanol–water partition coefficient (Wildman–Crippen LogP) is 1.83. The van der Waals surface area contributed by atoms with E-state index in [0.29, 0.717) is 43.1 Å². The molecule has 1 aromatic heterocycles. The fraction of sp³-hybridized carbons (Fsp3) is 0.250. The van der Waals surface area contributed by atoms with Gasteiger partial charge in [0.15, 0.2) is 5.82 Å². The zero-order chi connectivity index (χ0) is 30.2. The van der Waals surface area contributed by atoms with Crippen LogP contribution in [0.3, 0.4) is 0 Å². The minimum Gasteiger partial charge on any atom is -0.507 e. The summed E-state index contributed by atoms with van der Waals surface area (Å²) in [6.07, 6.45) is 0.0518. The SMILES string of the molecule is Nc1nnc(-c2ccccc2O)cc1N1CCN(SC(=O)Nc2cccc3c2C(=O)N(C2CCC(=O)NC2=O)C3=O)CC1. The highest BCUT2D eigenvalue weighted by Gasteiger charge is 2.45. The van der Waals surface area contributed by atoms with E-state index < -0.39 is 34.9 Å². The molecule has 5 amide bonds. The van der Waals surface area contributed by atoms with E-state index in [0.717, 1.165) is 16.8 Å². The fourth-order valence-electron chi connectivity index (χ4n) is 5.36. The molecular formula is C28H26N8O6S. The number of carbonyl (C=O) groups excluding carboxylic acids is 5. The first kappa shape index (κ1) is 28.1. The Labute approximate surface area is 249 Å². The lowest BCUT2D eigenvalue weighted by atomic mass is 10.0. The van der Waals surface area contributed by atoms with Crippen molar-refractivity contribution >= 4 is 58.0 Å². The lowest BCUT2D eigenvalue weighted by Crippen LogP contribution is -2.54. The molecule has 1 atom stereocenters. The first-order valence-electron chi connectivity index (χ1n) is 13.5. The maximum atomic E-state index is 13.3. The molecule has 5 N–H and O–H groups in total. The van der Waals surface area contributed by atoms with Gasteiger partial charge in [-0.05, 0) is 36.8 Å². The van der Waals surface area contributed by atoms with Crippen molar-refractivity contribution in [3.05, 3.63) is 59.7 Å². The van der Waals surface area contributed by atoms with Gasteiger partial charge in [0.1, 0.15) is 11.8 Å². The molecule has 2 saturated heterocycles. The van der Waals surface area contributed by atoms with Gasteiger partial charge >= 0.3 is 0 Å². The molecule has 2 fully saturated rings. The van der Waals surface area contributed by atoms with Gasteiger partial charge in [0.2, 0.25) is 11.8 Å². The molecule has 4 heterocycles. The Hall–Kier alpha value is -5.02. The number of phenols is 1. The van der Waals surface area contributed by atoms with E-state index in [2.05, 4.69) is 20.8 Å². The monoisotopic (exact) mass is 602 g/mol. The lowest BCUT2D eigenvalue weighted by Gasteiger charge is -2.35. The number of hydrogen-bond donors (Lipinski definition) is 4. The molecule has 0 spiro atoms. The Balaban J connectivity index is 1.10. The smallest absolute Gasteiger partial charge is 0.298 e. The number of aromatic hydroxyl groups is 1. The Morgan fingerprint density at radius 3 is 2.47 bits per heavy atom. The van der Waals surface area contributed by atoms with Crippen LogP contribution in [-0.2, 0) is 9.59 Å². The van der Waals surface area contributed by atoms with Crippen molar-refractivity contribution in [3.8, 4) is 17.0 Å². The number of anilines is 3. The van der Waals surface area contributed by atoms with Gasteiger partial charge in [-0.2, -0.15) is 0 Å². The van der Waals surface area contributed by atoms with Crippen LogP contribution in [0.5, 0.6) is 5.75 Å². The highest BCUT2D eigenvalue weighted by Crippen LogP contribution is 2.34. The average molecular weight is 603 g/mol. The standard InChI is InChI=1S/C28H26N8O6S/c29-24-20(14-18(32-33-24)15-4-1-2-7-21(15)37)34-10-12-35(13-11-34)43-28(42)30-17-6-3-5-16-23(17)27(41)36(26(16)40)19-8-9-22(38)31-25(19)39/h1-7,14,19,37H,8-13H2,(H2,29,33)(H,30,42)(H,31,38,39). The summed E-state index contributed by atoms with van der Waals surface area (Å²) < 4.78 is 1.87. The van der Waals surface area contributed by atoms with Gasteiger partial charge in [-0.3, -0.25) is 34.2 Å². The molecule has 3 aromatic rings. The minimum absolute atomic E-state index is 0.0110. The van der Waals surface area contributed by atoms with Crippen LogP contribution in [0.2, 0.25) is 0 Å². The first-order chi connectivity index (χ1) is 20.7. The van der Waals surface area contributed by atoms with Crippen molar-refractivity contribution in [3.63, 3.8) is 0 Å². The number of nitrogens with zero attached hydrogens (tertiary/aromatic N) is 5. The Morgan fingerprint density at radius 2 is 1.72 bits per heavy atom. The van der Waals surface area contributed by atoms with E-state index in [9.17, 15) is 29.1 Å². The molecule has 3 aliphatic rings. The van der Waals surface area contributed by atoms with Gasteiger partial charge in [0.25, 0.3) is 17.1 Å². The highest BCUT2D eigenvalue weighted by molar-refractivity contribution is 8.11. The van der Waals surface area contributed by atoms with Crippen molar-refractivity contribution in [2.45, 2.75) is 18.9 Å². The van der Waals surface area contributed by atoms with E-state index in [1.54, 1.807) is 36.4 Å². The quantitative estimate of drug-likeness (QED) is 0.245. The molecule has 3 aliphatic heterocycles. The molecule has 43 heavy (non-hydrogen) atoms. The minimum atomic E-state index is -1.10. The number of amides is 5. The van der Waals surface area contributed by atoms with Crippen LogP contribution < -0.4 is 21.3 Å². The summed E-state index contributed by atoms with van der Waals surface area (Å²) in [4.78, 5) is 66.1. The second kappa shape index (κ2) is 11.3. The summed E-state index contributed by atoms with van der Waals surface area (Å²) in [6.45, 7) is 2.06. The lowest BCUT2D eigenvalue weighted by molar-refractivity contribution is -0.136. The number of para-hydroxylation sites is 1. The zero-order valence-electron chi connectivity index (χ0n) is 22.6. The summed E-state index contributed by atoms with van der Waals surface area (Å²) in [6, 6.07) is 12.0. The van der Waals surface area contributed by atoms with Gasteiger partial charge in [-0.15, -0.1) is 10.2 Å². The summed E-state index contributed by atoms with van der Waals surface area (Å²) in [5.74, 6) is -2.17. The van der Waals surface area contributed by atoms with Crippen LogP contribution in [-0.4, -0.2) is 85.6 Å². The van der Waals surface area contributed by atoms with Crippen LogP contribution in [0, 0.1) is 0 Å². The number of piperidine rings is 1. The number of nitrogens with two attached hydrogens (primary N) is 1. The van der Waals surface area contributed by atoms with Gasteiger partial charge in [-0.1, -0.05) is 18.2 Å². The van der Waals surface area contributed by atoms with Crippen molar-refractivity contribution in [1.82, 2.24) is 24.7 Å². The van der Waals surface area contributed by atoms with E-state index in [1.807, 2.05) is 9.21 Å². The van der Waals surface area contributed by atoms with E-state index >= 15 is 0 Å². The zero-order valence-corrected chi connectivity index (χ0v) is 23.5. The number of carbonyl (C=O) groups is 5. The summed E-state index contributed by atoms with van der Waals surface area (Å²) >= 11 is 0.949. The maximum absolute atomic E-state index is 13.3. The number of aromatic nitrogens is 2. The number of hydrogen-bond acceptors (Lipinski definition) is 12. The molecule has 15 heteroatoms. The summed E-state index contributed by atoms with van der Waals surface area (Å²) in [5, 5.41) is 22.8. The number of fused-ring (bicyclic) bond motifs is 1. The molecular weight excluding hydrogens is 576 g/mol.